The van der Waals surface area contributed by atoms with Gasteiger partial charge in [-0.2, -0.15) is 8.78 Å². The normalized spacial score (nSPS) is 10.9. The number of halogens is 2. The molecule has 4 aromatic rings. The maximum absolute atomic E-state index is 12.5. The van der Waals surface area contributed by atoms with Gasteiger partial charge in [-0.15, -0.1) is 16.4 Å². The molecule has 1 N–H and O–H groups in total. The second-order valence-corrected chi connectivity index (χ2v) is 7.37. The summed E-state index contributed by atoms with van der Waals surface area (Å²) in [5, 5.41) is 11.0. The van der Waals surface area contributed by atoms with E-state index in [2.05, 4.69) is 25.3 Å². The topological polar surface area (TPSA) is 81.9 Å². The van der Waals surface area contributed by atoms with Crippen LogP contribution in [0.4, 0.5) is 13.9 Å². The average Bonchev–Trinajstić information content (AvgIpc) is 3.36. The smallest absolute Gasteiger partial charge is 0.387 e. The number of hydrogen-bond acceptors (Lipinski definition) is 6. The maximum atomic E-state index is 12.5. The third-order valence-corrected chi connectivity index (χ3v) is 5.00. The predicted molar refractivity (Wildman–Crippen MR) is 108 cm³/mol. The van der Waals surface area contributed by atoms with Crippen LogP contribution in [0.5, 0.6) is 5.75 Å². The van der Waals surface area contributed by atoms with Crippen molar-refractivity contribution in [2.45, 2.75) is 13.5 Å². The molecule has 0 aliphatic heterocycles. The van der Waals surface area contributed by atoms with Crippen LogP contribution in [0.3, 0.4) is 0 Å². The predicted octanol–water partition coefficient (Wildman–Crippen LogP) is 4.55. The summed E-state index contributed by atoms with van der Waals surface area (Å²) in [6.07, 6.45) is 1.54. The van der Waals surface area contributed by atoms with Gasteiger partial charge in [0.15, 0.2) is 10.8 Å². The number of carbonyl (C=O) groups excluding carboxylic acids is 1. The fourth-order valence-electron chi connectivity index (χ4n) is 2.75. The van der Waals surface area contributed by atoms with Crippen molar-refractivity contribution in [1.82, 2.24) is 20.0 Å². The number of benzene rings is 2. The van der Waals surface area contributed by atoms with Crippen LogP contribution in [0.15, 0.2) is 60.8 Å². The molecule has 0 fully saturated rings. The van der Waals surface area contributed by atoms with E-state index < -0.39 is 12.5 Å². The number of para-hydroxylation sites is 1. The fraction of sp³-hybridized carbons (Fsp3) is 0.100. The molecular weight excluding hydrogens is 412 g/mol. The first-order valence-corrected chi connectivity index (χ1v) is 9.63. The lowest BCUT2D eigenvalue weighted by Gasteiger charge is -2.05. The standard InChI is InChI=1S/C20H15F2N5O2S/c1-12-17(13-7-9-15(10-8-13)29-19(21)22)23-20(30-12)24-18(28)16-11-27(26-25-16)14-5-3-2-4-6-14/h2-11,19H,1H3,(H,23,24,28). The van der Waals surface area contributed by atoms with Crippen molar-refractivity contribution in [1.29, 1.82) is 0 Å². The van der Waals surface area contributed by atoms with Gasteiger partial charge in [0.25, 0.3) is 5.91 Å². The van der Waals surface area contributed by atoms with Crippen LogP contribution in [0.1, 0.15) is 15.4 Å². The third kappa shape index (κ3) is 4.33. The molecule has 0 spiro atoms. The molecule has 152 valence electrons. The van der Waals surface area contributed by atoms with E-state index >= 15 is 0 Å². The van der Waals surface area contributed by atoms with E-state index in [0.717, 1.165) is 16.1 Å². The lowest BCUT2D eigenvalue weighted by Crippen LogP contribution is -2.12. The van der Waals surface area contributed by atoms with Crippen molar-refractivity contribution >= 4 is 22.4 Å². The maximum Gasteiger partial charge on any atom is 0.387 e. The summed E-state index contributed by atoms with van der Waals surface area (Å²) in [6.45, 7) is -1.02. The Labute approximate surface area is 174 Å². The Bertz CT molecular complexity index is 1160. The number of aryl methyl sites for hydroxylation is 1. The Morgan fingerprint density at radius 3 is 2.57 bits per heavy atom. The molecule has 0 atom stereocenters. The van der Waals surface area contributed by atoms with E-state index in [1.54, 1.807) is 12.1 Å². The van der Waals surface area contributed by atoms with Crippen LogP contribution in [0.25, 0.3) is 16.9 Å². The van der Waals surface area contributed by atoms with Crippen LogP contribution < -0.4 is 10.1 Å². The Morgan fingerprint density at radius 2 is 1.87 bits per heavy atom. The number of nitrogens with zero attached hydrogens (tertiary/aromatic N) is 4. The zero-order valence-corrected chi connectivity index (χ0v) is 16.4. The van der Waals surface area contributed by atoms with Crippen molar-refractivity contribution in [3.05, 3.63) is 71.4 Å². The minimum Gasteiger partial charge on any atom is -0.435 e. The molecule has 0 radical (unpaired) electrons. The molecule has 2 aromatic heterocycles. The number of rotatable bonds is 6. The molecule has 4 rings (SSSR count). The molecule has 0 saturated heterocycles. The van der Waals surface area contributed by atoms with Crippen molar-refractivity contribution in [3.63, 3.8) is 0 Å². The highest BCUT2D eigenvalue weighted by Crippen LogP contribution is 2.31. The molecule has 0 bridgehead atoms. The van der Waals surface area contributed by atoms with Crippen molar-refractivity contribution in [3.8, 4) is 22.7 Å². The highest BCUT2D eigenvalue weighted by molar-refractivity contribution is 7.16. The zero-order valence-electron chi connectivity index (χ0n) is 15.6. The molecule has 2 heterocycles. The second kappa shape index (κ2) is 8.37. The first-order valence-electron chi connectivity index (χ1n) is 8.81. The lowest BCUT2D eigenvalue weighted by atomic mass is 10.1. The molecule has 2 aromatic carbocycles. The van der Waals surface area contributed by atoms with Gasteiger partial charge < -0.3 is 4.74 Å². The summed E-state index contributed by atoms with van der Waals surface area (Å²) < 4.78 is 30.4. The second-order valence-electron chi connectivity index (χ2n) is 6.16. The van der Waals surface area contributed by atoms with Gasteiger partial charge in [-0.25, -0.2) is 9.67 Å². The van der Waals surface area contributed by atoms with Gasteiger partial charge in [0.1, 0.15) is 5.75 Å². The van der Waals surface area contributed by atoms with Crippen molar-refractivity contribution < 1.29 is 18.3 Å². The van der Waals surface area contributed by atoms with Gasteiger partial charge in [-0.05, 0) is 43.3 Å². The van der Waals surface area contributed by atoms with Crippen LogP contribution >= 0.6 is 11.3 Å². The van der Waals surface area contributed by atoms with E-state index in [9.17, 15) is 13.6 Å². The first-order chi connectivity index (χ1) is 14.5. The minimum atomic E-state index is -2.88. The number of thiazole rings is 1. The summed E-state index contributed by atoms with van der Waals surface area (Å²) in [5.41, 5.74) is 2.31. The molecule has 7 nitrogen and oxygen atoms in total. The molecule has 0 saturated carbocycles. The van der Waals surface area contributed by atoms with E-state index in [1.165, 1.54) is 34.3 Å². The fourth-order valence-corrected chi connectivity index (χ4v) is 3.58. The molecule has 0 aliphatic carbocycles. The van der Waals surface area contributed by atoms with E-state index in [1.807, 2.05) is 37.3 Å². The van der Waals surface area contributed by atoms with Gasteiger partial charge in [0, 0.05) is 10.4 Å². The zero-order chi connectivity index (χ0) is 21.1. The number of hydrogen-bond donors (Lipinski definition) is 1. The first kappa shape index (κ1) is 19.6. The Morgan fingerprint density at radius 1 is 1.13 bits per heavy atom. The third-order valence-electron chi connectivity index (χ3n) is 4.12. The molecule has 0 unspecified atom stereocenters. The van der Waals surface area contributed by atoms with Crippen LogP contribution in [0.2, 0.25) is 0 Å². The largest absolute Gasteiger partial charge is 0.435 e. The van der Waals surface area contributed by atoms with E-state index in [4.69, 9.17) is 0 Å². The van der Waals surface area contributed by atoms with Gasteiger partial charge in [-0.1, -0.05) is 23.4 Å². The Kier molecular flexibility index (Phi) is 5.48. The summed E-state index contributed by atoms with van der Waals surface area (Å²) in [4.78, 5) is 17.8. The molecule has 0 aliphatic rings. The Balaban J connectivity index is 1.48. The molecule has 10 heteroatoms. The molecule has 1 amide bonds. The number of anilines is 1. The highest BCUT2D eigenvalue weighted by atomic mass is 32.1. The monoisotopic (exact) mass is 427 g/mol. The number of nitrogens with one attached hydrogen (secondary N) is 1. The average molecular weight is 427 g/mol. The highest BCUT2D eigenvalue weighted by Gasteiger charge is 2.16. The SMILES string of the molecule is Cc1sc(NC(=O)c2cn(-c3ccccc3)nn2)nc1-c1ccc(OC(F)F)cc1. The number of carbonyl (C=O) groups is 1. The number of alkyl halides is 2. The van der Waals surface area contributed by atoms with Crippen LogP contribution in [-0.4, -0.2) is 32.5 Å². The van der Waals surface area contributed by atoms with Gasteiger partial charge in [-0.3, -0.25) is 10.1 Å². The summed E-state index contributed by atoms with van der Waals surface area (Å²) in [6, 6.07) is 15.5. The molecule has 30 heavy (non-hydrogen) atoms. The van der Waals surface area contributed by atoms with Crippen molar-refractivity contribution in [2.24, 2.45) is 0 Å². The lowest BCUT2D eigenvalue weighted by molar-refractivity contribution is -0.0498. The quantitative estimate of drug-likeness (QED) is 0.488. The van der Waals surface area contributed by atoms with Gasteiger partial charge in [0.05, 0.1) is 17.6 Å². The van der Waals surface area contributed by atoms with Crippen LogP contribution in [-0.2, 0) is 0 Å². The van der Waals surface area contributed by atoms with E-state index in [-0.39, 0.29) is 11.4 Å². The van der Waals surface area contributed by atoms with E-state index in [0.29, 0.717) is 10.8 Å². The number of aromatic nitrogens is 4. The van der Waals surface area contributed by atoms with Gasteiger partial charge in [0.2, 0.25) is 0 Å². The van der Waals surface area contributed by atoms with Crippen molar-refractivity contribution in [2.75, 3.05) is 5.32 Å². The summed E-state index contributed by atoms with van der Waals surface area (Å²) >= 11 is 1.30. The summed E-state index contributed by atoms with van der Waals surface area (Å²) in [5.74, 6) is -0.366. The number of amides is 1. The van der Waals surface area contributed by atoms with Gasteiger partial charge >= 0.3 is 6.61 Å². The van der Waals surface area contributed by atoms with Crippen LogP contribution in [0, 0.1) is 6.92 Å². The minimum absolute atomic E-state index is 0.0664. The Hall–Kier alpha value is -3.66. The summed E-state index contributed by atoms with van der Waals surface area (Å²) in [7, 11) is 0. The number of ether oxygens (including phenoxy) is 1. The molecular formula is C20H15F2N5O2S.